The fraction of sp³-hybridized carbons (Fsp3) is 0.231. The van der Waals surface area contributed by atoms with E-state index in [1.165, 1.54) is 7.11 Å². The maximum Gasteiger partial charge on any atom is 0.408 e. The fourth-order valence-electron chi connectivity index (χ4n) is 3.45. The third-order valence-corrected chi connectivity index (χ3v) is 5.17. The number of benzene rings is 3. The highest BCUT2D eigenvalue weighted by atomic mass is 16.6. The Kier molecular flexibility index (Phi) is 7.86. The third-order valence-electron chi connectivity index (χ3n) is 5.17. The first-order valence-electron chi connectivity index (χ1n) is 10.5. The number of alkyl carbamates (subject to hydrolysis) is 1. The van der Waals surface area contributed by atoms with E-state index in [-0.39, 0.29) is 18.8 Å². The van der Waals surface area contributed by atoms with E-state index >= 15 is 0 Å². The molecular weight excluding hydrogens is 406 g/mol. The molecule has 0 heterocycles. The molecule has 0 saturated heterocycles. The molecule has 0 fully saturated rings. The molecule has 2 N–H and O–H groups in total. The van der Waals surface area contributed by atoms with Crippen LogP contribution in [0, 0.1) is 0 Å². The number of aryl methyl sites for hydroxylation is 1. The van der Waals surface area contributed by atoms with Crippen molar-refractivity contribution in [3.05, 3.63) is 89.5 Å². The number of nitrogens with one attached hydrogen (secondary N) is 1. The molecule has 1 amide bonds. The molecule has 0 aliphatic carbocycles. The molecular formula is C26H27NO5. The van der Waals surface area contributed by atoms with Crippen LogP contribution in [-0.2, 0) is 33.7 Å². The highest BCUT2D eigenvalue weighted by Gasteiger charge is 2.23. The zero-order chi connectivity index (χ0) is 22.9. The molecule has 0 bridgehead atoms. The van der Waals surface area contributed by atoms with Crippen molar-refractivity contribution in [1.82, 2.24) is 5.32 Å². The molecule has 0 spiro atoms. The summed E-state index contributed by atoms with van der Waals surface area (Å²) < 4.78 is 10.1. The number of carbonyl (C=O) groups excluding carboxylic acids is 2. The summed E-state index contributed by atoms with van der Waals surface area (Å²) in [4.78, 5) is 24.4. The lowest BCUT2D eigenvalue weighted by Gasteiger charge is -2.17. The number of hydrogen-bond acceptors (Lipinski definition) is 5. The first-order valence-corrected chi connectivity index (χ1v) is 10.5. The van der Waals surface area contributed by atoms with Crippen LogP contribution in [0.4, 0.5) is 4.79 Å². The van der Waals surface area contributed by atoms with Crippen molar-refractivity contribution in [2.75, 3.05) is 7.11 Å². The van der Waals surface area contributed by atoms with Crippen LogP contribution in [0.3, 0.4) is 0 Å². The summed E-state index contributed by atoms with van der Waals surface area (Å²) in [5, 5.41) is 12.3. The largest absolute Gasteiger partial charge is 0.508 e. The van der Waals surface area contributed by atoms with Gasteiger partial charge in [0.2, 0.25) is 0 Å². The summed E-state index contributed by atoms with van der Waals surface area (Å²) >= 11 is 0. The summed E-state index contributed by atoms with van der Waals surface area (Å²) in [6.45, 7) is 2.15. The Morgan fingerprint density at radius 1 is 0.969 bits per heavy atom. The number of hydrogen-bond donors (Lipinski definition) is 2. The quantitative estimate of drug-likeness (QED) is 0.506. The molecule has 3 rings (SSSR count). The fourth-order valence-corrected chi connectivity index (χ4v) is 3.45. The summed E-state index contributed by atoms with van der Waals surface area (Å²) in [6, 6.07) is 21.5. The number of methoxy groups -OCH3 is 1. The summed E-state index contributed by atoms with van der Waals surface area (Å²) in [7, 11) is 1.28. The molecule has 6 heteroatoms. The van der Waals surface area contributed by atoms with E-state index < -0.39 is 18.1 Å². The van der Waals surface area contributed by atoms with Gasteiger partial charge in [0.15, 0.2) is 0 Å². The van der Waals surface area contributed by atoms with Gasteiger partial charge in [-0.15, -0.1) is 0 Å². The molecule has 0 aromatic heterocycles. The molecule has 0 radical (unpaired) electrons. The van der Waals surface area contributed by atoms with Crippen LogP contribution in [0.2, 0.25) is 0 Å². The van der Waals surface area contributed by atoms with E-state index in [9.17, 15) is 14.7 Å². The Morgan fingerprint density at radius 3 is 2.34 bits per heavy atom. The molecule has 3 aromatic rings. The van der Waals surface area contributed by atoms with Crippen LogP contribution in [0.5, 0.6) is 5.75 Å². The van der Waals surface area contributed by atoms with Crippen molar-refractivity contribution < 1.29 is 24.2 Å². The van der Waals surface area contributed by atoms with Gasteiger partial charge in [-0.3, -0.25) is 0 Å². The zero-order valence-electron chi connectivity index (χ0n) is 18.2. The molecule has 0 saturated carbocycles. The van der Waals surface area contributed by atoms with Crippen LogP contribution >= 0.6 is 0 Å². The van der Waals surface area contributed by atoms with Crippen molar-refractivity contribution in [2.45, 2.75) is 32.4 Å². The molecule has 1 atom stereocenters. The molecule has 0 unspecified atom stereocenters. The Bertz CT molecular complexity index is 1050. The number of rotatable bonds is 8. The van der Waals surface area contributed by atoms with Crippen molar-refractivity contribution in [3.63, 3.8) is 0 Å². The average Bonchev–Trinajstić information content (AvgIpc) is 2.83. The smallest absolute Gasteiger partial charge is 0.408 e. The van der Waals surface area contributed by atoms with Crippen molar-refractivity contribution >= 4 is 12.1 Å². The van der Waals surface area contributed by atoms with Crippen molar-refractivity contribution in [1.29, 1.82) is 0 Å². The number of phenols is 1. The number of aromatic hydroxyl groups is 1. The standard InChI is InChI=1S/C26H27NO5/c1-3-20-16-22(28)13-14-23(20)21-11-9-18(10-12-21)15-24(25(29)31-2)27-26(30)32-17-19-7-5-4-6-8-19/h4-14,16,24,28H,3,15,17H2,1-2H3,(H,27,30)/t24-/m0/s1. The van der Waals surface area contributed by atoms with Gasteiger partial charge in [0.05, 0.1) is 7.11 Å². The number of amides is 1. The summed E-state index contributed by atoms with van der Waals surface area (Å²) in [6.07, 6.45) is 0.381. The molecule has 3 aromatic carbocycles. The first-order chi connectivity index (χ1) is 15.5. The normalized spacial score (nSPS) is 11.4. The van der Waals surface area contributed by atoms with Crippen LogP contribution in [0.1, 0.15) is 23.6 Å². The Labute approximate surface area is 187 Å². The maximum atomic E-state index is 12.2. The van der Waals surface area contributed by atoms with Gasteiger partial charge in [-0.25, -0.2) is 9.59 Å². The maximum absolute atomic E-state index is 12.2. The average molecular weight is 434 g/mol. The van der Waals surface area contributed by atoms with Crippen LogP contribution < -0.4 is 5.32 Å². The minimum Gasteiger partial charge on any atom is -0.508 e. The Balaban J connectivity index is 1.66. The van der Waals surface area contributed by atoms with Crippen molar-refractivity contribution in [2.24, 2.45) is 0 Å². The van der Waals surface area contributed by atoms with Gasteiger partial charge >= 0.3 is 12.1 Å². The predicted molar refractivity (Wildman–Crippen MR) is 122 cm³/mol. The highest BCUT2D eigenvalue weighted by Crippen LogP contribution is 2.28. The lowest BCUT2D eigenvalue weighted by molar-refractivity contribution is -0.143. The molecule has 166 valence electrons. The first kappa shape index (κ1) is 22.9. The van der Waals surface area contributed by atoms with Gasteiger partial charge in [-0.2, -0.15) is 0 Å². The van der Waals surface area contributed by atoms with E-state index in [0.717, 1.165) is 34.2 Å². The van der Waals surface area contributed by atoms with E-state index in [2.05, 4.69) is 5.32 Å². The monoisotopic (exact) mass is 433 g/mol. The third kappa shape index (κ3) is 6.11. The highest BCUT2D eigenvalue weighted by molar-refractivity contribution is 5.81. The van der Waals surface area contributed by atoms with Gasteiger partial charge in [0.1, 0.15) is 18.4 Å². The Morgan fingerprint density at radius 2 is 1.69 bits per heavy atom. The topological polar surface area (TPSA) is 84.9 Å². The number of carbonyl (C=O) groups is 2. The van der Waals surface area contributed by atoms with Crippen molar-refractivity contribution in [3.8, 4) is 16.9 Å². The second-order valence-electron chi connectivity index (χ2n) is 7.38. The lowest BCUT2D eigenvalue weighted by Crippen LogP contribution is -2.43. The van der Waals surface area contributed by atoms with E-state index in [0.29, 0.717) is 0 Å². The second kappa shape index (κ2) is 11.0. The molecule has 0 aliphatic heterocycles. The van der Waals surface area contributed by atoms with Gasteiger partial charge in [-0.1, -0.05) is 67.6 Å². The predicted octanol–water partition coefficient (Wildman–Crippen LogP) is 4.63. The van der Waals surface area contributed by atoms with Gasteiger partial charge in [0, 0.05) is 6.42 Å². The summed E-state index contributed by atoms with van der Waals surface area (Å²) in [5.41, 5.74) is 4.82. The molecule has 0 aliphatic rings. The zero-order valence-corrected chi connectivity index (χ0v) is 18.2. The summed E-state index contributed by atoms with van der Waals surface area (Å²) in [5.74, 6) is -0.300. The van der Waals surface area contributed by atoms with Crippen LogP contribution in [0.25, 0.3) is 11.1 Å². The van der Waals surface area contributed by atoms with Gasteiger partial charge in [-0.05, 0) is 46.4 Å². The Hall–Kier alpha value is -3.80. The minimum atomic E-state index is -0.867. The van der Waals surface area contributed by atoms with Crippen LogP contribution in [-0.4, -0.2) is 30.3 Å². The van der Waals surface area contributed by atoms with E-state index in [4.69, 9.17) is 9.47 Å². The second-order valence-corrected chi connectivity index (χ2v) is 7.38. The molecule has 32 heavy (non-hydrogen) atoms. The molecule has 6 nitrogen and oxygen atoms in total. The van der Waals surface area contributed by atoms with E-state index in [1.807, 2.05) is 67.6 Å². The number of phenolic OH excluding ortho intramolecular Hbond substituents is 1. The van der Waals surface area contributed by atoms with E-state index in [1.54, 1.807) is 12.1 Å². The minimum absolute atomic E-state index is 0.113. The van der Waals surface area contributed by atoms with Crippen LogP contribution in [0.15, 0.2) is 72.8 Å². The number of esters is 1. The van der Waals surface area contributed by atoms with Gasteiger partial charge in [0.25, 0.3) is 0 Å². The SMILES string of the molecule is CCc1cc(O)ccc1-c1ccc(C[C@H](NC(=O)OCc2ccccc2)C(=O)OC)cc1. The number of ether oxygens (including phenoxy) is 2. The lowest BCUT2D eigenvalue weighted by atomic mass is 9.96. The van der Waals surface area contributed by atoms with Gasteiger partial charge < -0.3 is 19.9 Å².